The number of piperazine rings is 1. The molecule has 1 aliphatic rings. The Hall–Kier alpha value is -4.06. The lowest BCUT2D eigenvalue weighted by molar-refractivity contribution is -0.137. The van der Waals surface area contributed by atoms with Gasteiger partial charge in [-0.15, -0.1) is 0 Å². The maximum Gasteiger partial charge on any atom is 0.416 e. The third-order valence-corrected chi connectivity index (χ3v) is 6.98. The van der Waals surface area contributed by atoms with Crippen LogP contribution in [0.4, 0.5) is 24.5 Å². The number of hydrogen-bond acceptors (Lipinski definition) is 5. The molecule has 5 rings (SSSR count). The summed E-state index contributed by atoms with van der Waals surface area (Å²) in [5, 5.41) is 10.1. The van der Waals surface area contributed by atoms with Gasteiger partial charge in [0.2, 0.25) is 0 Å². The average Bonchev–Trinajstić information content (AvgIpc) is 3.17. The minimum atomic E-state index is -4.54. The van der Waals surface area contributed by atoms with E-state index in [0.29, 0.717) is 30.2 Å². The molecule has 0 radical (unpaired) electrons. The van der Waals surface area contributed by atoms with Gasteiger partial charge >= 0.3 is 6.18 Å². The monoisotopic (exact) mass is 526 g/mol. The van der Waals surface area contributed by atoms with E-state index in [4.69, 9.17) is 0 Å². The van der Waals surface area contributed by atoms with Crippen molar-refractivity contribution >= 4 is 17.3 Å². The Kier molecular flexibility index (Phi) is 6.51. The SMILES string of the molecule is Cc1ncc(C(=O)Nc2cc(N3CCN(C)CC3)cc(C(F)(F)F)c2)cc1-n1cc(-c2cnn(C)c2C)[nH]1. The number of halogens is 3. The number of alkyl halides is 3. The van der Waals surface area contributed by atoms with Crippen molar-refractivity contribution in [3.63, 3.8) is 0 Å². The lowest BCUT2D eigenvalue weighted by atomic mass is 10.1. The van der Waals surface area contributed by atoms with Crippen LogP contribution < -0.4 is 10.2 Å². The molecule has 9 nitrogen and oxygen atoms in total. The third-order valence-electron chi connectivity index (χ3n) is 6.98. The number of likely N-dealkylation sites (N-methyl/N-ethyl adjacent to an activating group) is 1. The summed E-state index contributed by atoms with van der Waals surface area (Å²) in [4.78, 5) is 21.5. The van der Waals surface area contributed by atoms with Crippen LogP contribution in [0.25, 0.3) is 16.9 Å². The molecule has 1 aliphatic heterocycles. The quantitative estimate of drug-likeness (QED) is 0.406. The number of aromatic amines is 1. The van der Waals surface area contributed by atoms with Crippen molar-refractivity contribution in [1.82, 2.24) is 29.4 Å². The van der Waals surface area contributed by atoms with Gasteiger partial charge in [-0.05, 0) is 45.2 Å². The summed E-state index contributed by atoms with van der Waals surface area (Å²) >= 11 is 0. The number of aromatic nitrogens is 5. The number of carbonyl (C=O) groups excluding carboxylic acids is 1. The van der Waals surface area contributed by atoms with Crippen LogP contribution in [0.1, 0.15) is 27.3 Å². The predicted octanol–water partition coefficient (Wildman–Crippen LogP) is 4.24. The van der Waals surface area contributed by atoms with Crippen LogP contribution in [0.2, 0.25) is 0 Å². The lowest BCUT2D eigenvalue weighted by Gasteiger charge is -2.34. The van der Waals surface area contributed by atoms with Gasteiger partial charge in [-0.1, -0.05) is 0 Å². The van der Waals surface area contributed by atoms with E-state index in [1.54, 1.807) is 27.7 Å². The number of rotatable bonds is 5. The number of hydrogen-bond donors (Lipinski definition) is 2. The number of nitrogens with zero attached hydrogens (tertiary/aromatic N) is 6. The van der Waals surface area contributed by atoms with E-state index in [-0.39, 0.29) is 11.3 Å². The predicted molar refractivity (Wildman–Crippen MR) is 139 cm³/mol. The molecule has 0 saturated carbocycles. The van der Waals surface area contributed by atoms with E-state index in [1.165, 1.54) is 6.20 Å². The maximum absolute atomic E-state index is 13.7. The number of H-pyrrole nitrogens is 1. The molecule has 0 unspecified atom stereocenters. The summed E-state index contributed by atoms with van der Waals surface area (Å²) in [5.41, 5.74) is 4.12. The molecule has 1 aromatic carbocycles. The minimum Gasteiger partial charge on any atom is -0.369 e. The summed E-state index contributed by atoms with van der Waals surface area (Å²) in [6.45, 7) is 6.48. The van der Waals surface area contributed by atoms with Crippen molar-refractivity contribution in [2.24, 2.45) is 7.05 Å². The fraction of sp³-hybridized carbons (Fsp3) is 0.346. The molecule has 38 heavy (non-hydrogen) atoms. The molecule has 0 atom stereocenters. The van der Waals surface area contributed by atoms with Crippen molar-refractivity contribution in [1.29, 1.82) is 0 Å². The summed E-state index contributed by atoms with van der Waals surface area (Å²) in [7, 11) is 3.84. The number of nitrogens with one attached hydrogen (secondary N) is 2. The van der Waals surface area contributed by atoms with Gasteiger partial charge in [0.1, 0.15) is 0 Å². The maximum atomic E-state index is 13.7. The molecule has 0 bridgehead atoms. The van der Waals surface area contributed by atoms with Crippen LogP contribution in [-0.2, 0) is 13.2 Å². The Morgan fingerprint density at radius 1 is 1.03 bits per heavy atom. The molecule has 0 aliphatic carbocycles. The summed E-state index contributed by atoms with van der Waals surface area (Å²) in [5.74, 6) is -0.546. The first-order chi connectivity index (χ1) is 18.0. The minimum absolute atomic E-state index is 0.0807. The van der Waals surface area contributed by atoms with Crippen molar-refractivity contribution in [3.05, 3.63) is 65.4 Å². The first-order valence-electron chi connectivity index (χ1n) is 12.2. The molecule has 4 heterocycles. The Balaban J connectivity index is 1.39. The van der Waals surface area contributed by atoms with Crippen molar-refractivity contribution in [3.8, 4) is 16.9 Å². The van der Waals surface area contributed by atoms with Crippen LogP contribution in [-0.4, -0.2) is 68.6 Å². The Labute approximate surface area is 217 Å². The van der Waals surface area contributed by atoms with E-state index >= 15 is 0 Å². The number of benzene rings is 1. The van der Waals surface area contributed by atoms with Gasteiger partial charge in [0.15, 0.2) is 0 Å². The van der Waals surface area contributed by atoms with E-state index in [1.807, 2.05) is 39.0 Å². The van der Waals surface area contributed by atoms with Gasteiger partial charge in [0, 0.05) is 62.1 Å². The molecule has 1 fully saturated rings. The zero-order valence-electron chi connectivity index (χ0n) is 21.6. The molecule has 1 saturated heterocycles. The van der Waals surface area contributed by atoms with Crippen molar-refractivity contribution < 1.29 is 18.0 Å². The molecule has 3 aromatic heterocycles. The van der Waals surface area contributed by atoms with E-state index in [0.717, 1.165) is 42.2 Å². The van der Waals surface area contributed by atoms with Crippen LogP contribution in [0.3, 0.4) is 0 Å². The van der Waals surface area contributed by atoms with Crippen LogP contribution in [0.15, 0.2) is 42.9 Å². The fourth-order valence-electron chi connectivity index (χ4n) is 4.46. The smallest absolute Gasteiger partial charge is 0.369 e. The second-order valence-corrected chi connectivity index (χ2v) is 9.63. The first-order valence-corrected chi connectivity index (χ1v) is 12.2. The number of anilines is 2. The first kappa shape index (κ1) is 25.6. The summed E-state index contributed by atoms with van der Waals surface area (Å²) in [6.07, 6.45) is 0.524. The van der Waals surface area contributed by atoms with Crippen LogP contribution in [0, 0.1) is 13.8 Å². The zero-order chi connectivity index (χ0) is 27.2. The number of carbonyl (C=O) groups is 1. The van der Waals surface area contributed by atoms with Crippen LogP contribution in [0.5, 0.6) is 0 Å². The Morgan fingerprint density at radius 2 is 1.74 bits per heavy atom. The van der Waals surface area contributed by atoms with Crippen molar-refractivity contribution in [2.75, 3.05) is 43.4 Å². The van der Waals surface area contributed by atoms with Gasteiger partial charge < -0.3 is 15.1 Å². The second kappa shape index (κ2) is 9.67. The highest BCUT2D eigenvalue weighted by atomic mass is 19.4. The molecule has 12 heteroatoms. The topological polar surface area (TPSA) is 87.0 Å². The Morgan fingerprint density at radius 3 is 2.37 bits per heavy atom. The van der Waals surface area contributed by atoms with Crippen LogP contribution >= 0.6 is 0 Å². The van der Waals surface area contributed by atoms with Gasteiger partial charge in [-0.3, -0.25) is 24.2 Å². The third kappa shape index (κ3) is 5.03. The standard InChI is InChI=1S/C26H29F3N8O/c1-16-24(37-15-23(33-37)22-14-31-35(4)17(22)2)9-18(13-30-16)25(38)32-20-10-19(26(27,28)29)11-21(12-20)36-7-5-34(3)6-8-36/h9-15,33H,5-8H2,1-4H3,(H,32,38). The summed E-state index contributed by atoms with van der Waals surface area (Å²) < 4.78 is 44.6. The zero-order valence-corrected chi connectivity index (χ0v) is 21.6. The van der Waals surface area contributed by atoms with Crippen molar-refractivity contribution in [2.45, 2.75) is 20.0 Å². The lowest BCUT2D eigenvalue weighted by Crippen LogP contribution is -2.44. The largest absolute Gasteiger partial charge is 0.416 e. The number of amides is 1. The molecule has 1 amide bonds. The molecule has 4 aromatic rings. The Bertz CT molecular complexity index is 1460. The second-order valence-electron chi connectivity index (χ2n) is 9.63. The highest BCUT2D eigenvalue weighted by Gasteiger charge is 2.32. The fourth-order valence-corrected chi connectivity index (χ4v) is 4.46. The van der Waals surface area contributed by atoms with Gasteiger partial charge in [-0.2, -0.15) is 18.3 Å². The summed E-state index contributed by atoms with van der Waals surface area (Å²) in [6, 6.07) is 5.34. The number of aryl methyl sites for hydroxylation is 2. The van der Waals surface area contributed by atoms with Gasteiger partial charge in [-0.25, -0.2) is 0 Å². The van der Waals surface area contributed by atoms with Gasteiger partial charge in [0.25, 0.3) is 5.91 Å². The van der Waals surface area contributed by atoms with E-state index < -0.39 is 17.6 Å². The molecule has 0 spiro atoms. The highest BCUT2D eigenvalue weighted by Crippen LogP contribution is 2.35. The average molecular weight is 527 g/mol. The molecular weight excluding hydrogens is 497 g/mol. The van der Waals surface area contributed by atoms with E-state index in [2.05, 4.69) is 25.4 Å². The normalized spacial score (nSPS) is 14.8. The number of pyridine rings is 1. The van der Waals surface area contributed by atoms with Gasteiger partial charge in [0.05, 0.1) is 40.6 Å². The molecular formula is C26H29F3N8O. The molecule has 200 valence electrons. The highest BCUT2D eigenvalue weighted by molar-refractivity contribution is 6.04. The molecule has 2 N–H and O–H groups in total. The van der Waals surface area contributed by atoms with E-state index in [9.17, 15) is 18.0 Å².